The van der Waals surface area contributed by atoms with E-state index in [-0.39, 0.29) is 21.6 Å². The summed E-state index contributed by atoms with van der Waals surface area (Å²) in [7, 11) is -3.52. The van der Waals surface area contributed by atoms with Crippen LogP contribution in [0.25, 0.3) is 0 Å². The van der Waals surface area contributed by atoms with Crippen LogP contribution >= 0.6 is 11.8 Å². The van der Waals surface area contributed by atoms with Crippen molar-refractivity contribution in [3.63, 3.8) is 0 Å². The van der Waals surface area contributed by atoms with Crippen molar-refractivity contribution in [1.82, 2.24) is 0 Å². The van der Waals surface area contributed by atoms with Crippen molar-refractivity contribution in [2.24, 2.45) is 0 Å². The van der Waals surface area contributed by atoms with Crippen LogP contribution < -0.4 is 5.73 Å². The molecule has 110 valence electrons. The van der Waals surface area contributed by atoms with Gasteiger partial charge in [0, 0.05) is 10.1 Å². The molecule has 0 aromatic heterocycles. The third-order valence-corrected chi connectivity index (χ3v) is 6.79. The summed E-state index contributed by atoms with van der Waals surface area (Å²) in [6.07, 6.45) is 0.720. The zero-order chi connectivity index (χ0) is 15.0. The molecular weight excluding hydrogens is 309 g/mol. The average molecular weight is 323 g/mol. The number of hydrogen-bond acceptors (Lipinski definition) is 4. The Bertz CT molecular complexity index is 765. The molecule has 2 N–H and O–H groups in total. The van der Waals surface area contributed by atoms with E-state index in [0.29, 0.717) is 0 Å². The van der Waals surface area contributed by atoms with Gasteiger partial charge in [0.25, 0.3) is 0 Å². The van der Waals surface area contributed by atoms with E-state index in [4.69, 9.17) is 5.73 Å². The smallest absolute Gasteiger partial charge is 0.179 e. The van der Waals surface area contributed by atoms with Crippen molar-refractivity contribution in [1.29, 1.82) is 0 Å². The summed E-state index contributed by atoms with van der Waals surface area (Å²) >= 11 is 1.57. The van der Waals surface area contributed by atoms with E-state index in [1.54, 1.807) is 11.8 Å². The van der Waals surface area contributed by atoms with Gasteiger partial charge < -0.3 is 5.73 Å². The van der Waals surface area contributed by atoms with Gasteiger partial charge in [-0.1, -0.05) is 18.2 Å². The number of hydrogen-bond donors (Lipinski definition) is 1. The summed E-state index contributed by atoms with van der Waals surface area (Å²) in [6.45, 7) is 0. The van der Waals surface area contributed by atoms with Crippen molar-refractivity contribution >= 4 is 27.3 Å². The highest BCUT2D eigenvalue weighted by Gasteiger charge is 2.28. The Hall–Kier alpha value is -1.53. The lowest BCUT2D eigenvalue weighted by Crippen LogP contribution is -2.18. The van der Waals surface area contributed by atoms with Gasteiger partial charge in [0.1, 0.15) is 5.82 Å². The summed E-state index contributed by atoms with van der Waals surface area (Å²) in [5.41, 5.74) is 6.51. The molecule has 0 bridgehead atoms. The van der Waals surface area contributed by atoms with E-state index >= 15 is 0 Å². The number of sulfone groups is 1. The Kier molecular flexibility index (Phi) is 3.67. The first-order valence-electron chi connectivity index (χ1n) is 6.48. The maximum absolute atomic E-state index is 13.4. The van der Waals surface area contributed by atoms with E-state index < -0.39 is 15.7 Å². The Morgan fingerprint density at radius 1 is 1.24 bits per heavy atom. The maximum Gasteiger partial charge on any atom is 0.179 e. The number of halogens is 1. The van der Waals surface area contributed by atoms with Gasteiger partial charge >= 0.3 is 0 Å². The summed E-state index contributed by atoms with van der Waals surface area (Å²) in [5, 5.41) is -0.0342. The summed E-state index contributed by atoms with van der Waals surface area (Å²) in [6, 6.07) is 11.5. The molecule has 21 heavy (non-hydrogen) atoms. The summed E-state index contributed by atoms with van der Waals surface area (Å²) in [5.74, 6) is -0.700. The van der Waals surface area contributed by atoms with Gasteiger partial charge in [-0.05, 0) is 36.2 Å². The van der Waals surface area contributed by atoms with Crippen LogP contribution in [0, 0.1) is 5.82 Å². The van der Waals surface area contributed by atoms with Crippen molar-refractivity contribution in [2.45, 2.75) is 21.5 Å². The van der Waals surface area contributed by atoms with Crippen LogP contribution in [0.15, 0.2) is 52.3 Å². The largest absolute Gasteiger partial charge is 0.396 e. The first-order chi connectivity index (χ1) is 9.95. The first-order valence-corrected chi connectivity index (χ1v) is 9.01. The van der Waals surface area contributed by atoms with Crippen molar-refractivity contribution < 1.29 is 12.8 Å². The number of thioether (sulfide) groups is 1. The number of nitrogen functional groups attached to an aromatic ring is 1. The molecule has 3 nitrogen and oxygen atoms in total. The Morgan fingerprint density at radius 3 is 2.71 bits per heavy atom. The standard InChI is InChI=1S/C15H14FNO2S2/c16-13-8-12(5-6-14(13)17)21(18,19)9-11-7-10-3-1-2-4-15(10)20-11/h1-6,8,11H,7,9,17H2. The highest BCUT2D eigenvalue weighted by Crippen LogP contribution is 2.38. The Morgan fingerprint density at radius 2 is 2.00 bits per heavy atom. The zero-order valence-corrected chi connectivity index (χ0v) is 12.8. The van der Waals surface area contributed by atoms with Crippen LogP contribution in [0.4, 0.5) is 10.1 Å². The van der Waals surface area contributed by atoms with E-state index in [1.807, 2.05) is 24.3 Å². The molecule has 1 heterocycles. The lowest BCUT2D eigenvalue weighted by atomic mass is 10.1. The van der Waals surface area contributed by atoms with Gasteiger partial charge in [0.2, 0.25) is 0 Å². The zero-order valence-electron chi connectivity index (χ0n) is 11.1. The second-order valence-electron chi connectivity index (χ2n) is 5.02. The molecule has 1 unspecified atom stereocenters. The molecule has 0 radical (unpaired) electrons. The molecular formula is C15H14FNO2S2. The molecule has 2 aromatic rings. The van der Waals surface area contributed by atoms with Crippen molar-refractivity contribution in [3.05, 3.63) is 53.8 Å². The number of anilines is 1. The predicted octanol–water partition coefficient (Wildman–Crippen LogP) is 2.90. The molecule has 1 aliphatic rings. The normalized spacial score (nSPS) is 17.7. The second-order valence-corrected chi connectivity index (χ2v) is 8.39. The molecule has 0 saturated carbocycles. The third-order valence-electron chi connectivity index (χ3n) is 3.45. The molecule has 6 heteroatoms. The van der Waals surface area contributed by atoms with Crippen LogP contribution in [-0.4, -0.2) is 19.4 Å². The van der Waals surface area contributed by atoms with Crippen LogP contribution in [-0.2, 0) is 16.3 Å². The van der Waals surface area contributed by atoms with Gasteiger partial charge in [-0.2, -0.15) is 0 Å². The minimum Gasteiger partial charge on any atom is -0.396 e. The lowest BCUT2D eigenvalue weighted by molar-refractivity contribution is 0.590. The number of fused-ring (bicyclic) bond motifs is 1. The first kappa shape index (κ1) is 14.4. The molecule has 1 atom stereocenters. The second kappa shape index (κ2) is 5.35. The lowest BCUT2D eigenvalue weighted by Gasteiger charge is -2.10. The fraction of sp³-hybridized carbons (Fsp3) is 0.200. The summed E-state index contributed by atoms with van der Waals surface area (Å²) in [4.78, 5) is 1.12. The van der Waals surface area contributed by atoms with E-state index in [0.717, 1.165) is 17.4 Å². The van der Waals surface area contributed by atoms with Crippen LogP contribution in [0.3, 0.4) is 0 Å². The van der Waals surface area contributed by atoms with Gasteiger partial charge in [0.15, 0.2) is 9.84 Å². The minimum atomic E-state index is -3.52. The van der Waals surface area contributed by atoms with E-state index in [1.165, 1.54) is 17.7 Å². The number of benzene rings is 2. The Labute approximate surface area is 127 Å². The monoisotopic (exact) mass is 323 g/mol. The third kappa shape index (κ3) is 2.91. The topological polar surface area (TPSA) is 60.2 Å². The van der Waals surface area contributed by atoms with Crippen molar-refractivity contribution in [3.8, 4) is 0 Å². The fourth-order valence-corrected chi connectivity index (χ4v) is 5.64. The maximum atomic E-state index is 13.4. The summed E-state index contributed by atoms with van der Waals surface area (Å²) < 4.78 is 38.2. The highest BCUT2D eigenvalue weighted by molar-refractivity contribution is 8.01. The molecule has 2 aromatic carbocycles. The predicted molar refractivity (Wildman–Crippen MR) is 82.7 cm³/mol. The van der Waals surface area contributed by atoms with Gasteiger partial charge in [0.05, 0.1) is 16.3 Å². The molecule has 0 aliphatic carbocycles. The molecule has 1 aliphatic heterocycles. The van der Waals surface area contributed by atoms with Gasteiger partial charge in [-0.15, -0.1) is 11.8 Å². The van der Waals surface area contributed by atoms with Crippen LogP contribution in [0.2, 0.25) is 0 Å². The molecule has 0 amide bonds. The SMILES string of the molecule is Nc1ccc(S(=O)(=O)CC2Cc3ccccc3S2)cc1F. The van der Waals surface area contributed by atoms with Crippen molar-refractivity contribution in [2.75, 3.05) is 11.5 Å². The molecule has 0 spiro atoms. The fourth-order valence-electron chi connectivity index (χ4n) is 2.39. The average Bonchev–Trinajstić information content (AvgIpc) is 2.82. The van der Waals surface area contributed by atoms with Crippen LogP contribution in [0.1, 0.15) is 5.56 Å². The number of rotatable bonds is 3. The van der Waals surface area contributed by atoms with E-state index in [9.17, 15) is 12.8 Å². The quantitative estimate of drug-likeness (QED) is 0.882. The molecule has 0 saturated heterocycles. The minimum absolute atomic E-state index is 0.00426. The number of nitrogens with two attached hydrogens (primary N) is 1. The van der Waals surface area contributed by atoms with Gasteiger partial charge in [-0.25, -0.2) is 12.8 Å². The van der Waals surface area contributed by atoms with Gasteiger partial charge in [-0.3, -0.25) is 0 Å². The highest BCUT2D eigenvalue weighted by atomic mass is 32.2. The molecule has 0 fully saturated rings. The Balaban J connectivity index is 1.80. The molecule has 3 rings (SSSR count). The van der Waals surface area contributed by atoms with E-state index in [2.05, 4.69) is 0 Å². The van der Waals surface area contributed by atoms with Crippen LogP contribution in [0.5, 0.6) is 0 Å².